The first kappa shape index (κ1) is 38.7. The number of ether oxygens (including phenoxy) is 1. The summed E-state index contributed by atoms with van der Waals surface area (Å²) in [5.41, 5.74) is 3.29. The van der Waals surface area contributed by atoms with E-state index in [1.54, 1.807) is 56.1 Å². The van der Waals surface area contributed by atoms with Crippen LogP contribution in [0.15, 0.2) is 60.8 Å². The summed E-state index contributed by atoms with van der Waals surface area (Å²) in [5.74, 6) is -0.974. The molecule has 3 aromatic rings. The standard InChI is InChI=1S/C40H47N7O8/c1-39(2,3)55-37(52)42-21-33(49)46-16-13-25(14-17-46)35(50)47(23-28-9-6-5-8-27(28)22-45(4)38(53)54)24-32(48)43-30-12-11-26-19-40(20-29(26)18-30)31-10-7-15-41-34(31)44-36(40)51/h5-12,15,18,25H,13-14,16-17,19-24H2,1-4H3,(H,42,52)(H,43,48)(H,53,54)(H,41,44,51). The van der Waals surface area contributed by atoms with Gasteiger partial charge in [-0.15, -0.1) is 0 Å². The number of carboxylic acid groups (broad SMARTS) is 1. The SMILES string of the molecule is CN(Cc1ccccc1CN(CC(=O)Nc1ccc2c(c1)CC1(C2)C(=O)Nc2ncccc21)C(=O)C1CCN(C(=O)CNC(=O)OC(C)(C)C)CC1)C(=O)O. The number of pyridine rings is 1. The average Bonchev–Trinajstić information content (AvgIpc) is 3.66. The maximum absolute atomic E-state index is 14.2. The summed E-state index contributed by atoms with van der Waals surface area (Å²) in [7, 11) is 1.46. The van der Waals surface area contributed by atoms with Gasteiger partial charge in [0.15, 0.2) is 0 Å². The van der Waals surface area contributed by atoms with Gasteiger partial charge in [-0.25, -0.2) is 14.6 Å². The van der Waals surface area contributed by atoms with Gasteiger partial charge >= 0.3 is 12.2 Å². The molecule has 1 aliphatic carbocycles. The molecular formula is C40H47N7O8. The van der Waals surface area contributed by atoms with Crippen molar-refractivity contribution >= 4 is 47.3 Å². The number of anilines is 2. The summed E-state index contributed by atoms with van der Waals surface area (Å²) in [4.78, 5) is 86.2. The van der Waals surface area contributed by atoms with Crippen LogP contribution < -0.4 is 16.0 Å². The third kappa shape index (κ3) is 8.88. The number of aromatic nitrogens is 1. The molecule has 15 nitrogen and oxygen atoms in total. The molecular weight excluding hydrogens is 706 g/mol. The Kier molecular flexibility index (Phi) is 11.1. The normalized spacial score (nSPS) is 17.5. The molecule has 1 atom stereocenters. The molecule has 1 aromatic heterocycles. The Hall–Kier alpha value is -5.99. The maximum atomic E-state index is 14.2. The van der Waals surface area contributed by atoms with Gasteiger partial charge in [-0.1, -0.05) is 36.4 Å². The number of amides is 6. The van der Waals surface area contributed by atoms with E-state index in [1.807, 2.05) is 30.3 Å². The van der Waals surface area contributed by atoms with Crippen LogP contribution in [0.4, 0.5) is 21.1 Å². The second-order valence-electron chi connectivity index (χ2n) is 15.4. The minimum absolute atomic E-state index is 0.0596. The Balaban J connectivity index is 1.14. The van der Waals surface area contributed by atoms with Crippen LogP contribution in [0, 0.1) is 5.92 Å². The van der Waals surface area contributed by atoms with Gasteiger partial charge in [-0.3, -0.25) is 19.2 Å². The van der Waals surface area contributed by atoms with E-state index in [0.29, 0.717) is 61.4 Å². The molecule has 2 aliphatic heterocycles. The summed E-state index contributed by atoms with van der Waals surface area (Å²) < 4.78 is 5.21. The Morgan fingerprint density at radius 1 is 0.982 bits per heavy atom. The summed E-state index contributed by atoms with van der Waals surface area (Å²) in [6, 6.07) is 16.5. The molecule has 6 amide bonds. The summed E-state index contributed by atoms with van der Waals surface area (Å²) in [6.45, 7) is 5.42. The molecule has 3 heterocycles. The summed E-state index contributed by atoms with van der Waals surface area (Å²) >= 11 is 0. The molecule has 1 saturated heterocycles. The quantitative estimate of drug-likeness (QED) is 0.238. The van der Waals surface area contributed by atoms with Crippen molar-refractivity contribution in [2.75, 3.05) is 43.9 Å². The number of piperidine rings is 1. The highest BCUT2D eigenvalue weighted by atomic mass is 16.6. The monoisotopic (exact) mass is 753 g/mol. The number of hydrogen-bond acceptors (Lipinski definition) is 8. The number of rotatable bonds is 10. The molecule has 55 heavy (non-hydrogen) atoms. The third-order valence-corrected chi connectivity index (χ3v) is 10.3. The van der Waals surface area contributed by atoms with Gasteiger partial charge in [0.25, 0.3) is 0 Å². The van der Waals surface area contributed by atoms with Crippen LogP contribution in [0.2, 0.25) is 0 Å². The molecule has 0 bridgehead atoms. The van der Waals surface area contributed by atoms with Crippen molar-refractivity contribution in [2.24, 2.45) is 5.92 Å². The lowest BCUT2D eigenvalue weighted by Crippen LogP contribution is -2.48. The number of carbonyl (C=O) groups is 6. The maximum Gasteiger partial charge on any atom is 0.408 e. The smallest absolute Gasteiger partial charge is 0.408 e. The Morgan fingerprint density at radius 2 is 1.67 bits per heavy atom. The molecule has 3 aliphatic rings. The largest absolute Gasteiger partial charge is 0.465 e. The third-order valence-electron chi connectivity index (χ3n) is 10.3. The molecule has 1 unspecified atom stereocenters. The van der Waals surface area contributed by atoms with Gasteiger partial charge in [-0.05, 0) is 86.9 Å². The van der Waals surface area contributed by atoms with Crippen LogP contribution in [0.1, 0.15) is 61.4 Å². The number of likely N-dealkylation sites (tertiary alicyclic amines) is 1. The van der Waals surface area contributed by atoms with E-state index in [9.17, 15) is 33.9 Å². The van der Waals surface area contributed by atoms with Gasteiger partial charge in [0, 0.05) is 56.6 Å². The number of nitrogens with one attached hydrogen (secondary N) is 3. The Labute approximate surface area is 319 Å². The first-order valence-corrected chi connectivity index (χ1v) is 18.3. The van der Waals surface area contributed by atoms with E-state index in [1.165, 1.54) is 11.9 Å². The van der Waals surface area contributed by atoms with Crippen LogP contribution in [0.5, 0.6) is 0 Å². The summed E-state index contributed by atoms with van der Waals surface area (Å²) in [6.07, 6.45) is 1.55. The highest BCUT2D eigenvalue weighted by Crippen LogP contribution is 2.47. The van der Waals surface area contributed by atoms with Crippen molar-refractivity contribution in [2.45, 2.75) is 70.6 Å². The number of fused-ring (bicyclic) bond motifs is 3. The lowest BCUT2D eigenvalue weighted by molar-refractivity contribution is -0.142. The van der Waals surface area contributed by atoms with Crippen molar-refractivity contribution in [3.63, 3.8) is 0 Å². The first-order valence-electron chi connectivity index (χ1n) is 18.3. The Bertz CT molecular complexity index is 2000. The molecule has 290 valence electrons. The summed E-state index contributed by atoms with van der Waals surface area (Å²) in [5, 5.41) is 17.8. The van der Waals surface area contributed by atoms with E-state index in [2.05, 4.69) is 20.9 Å². The lowest BCUT2D eigenvalue weighted by Gasteiger charge is -2.34. The predicted molar refractivity (Wildman–Crippen MR) is 202 cm³/mol. The molecule has 2 aromatic carbocycles. The van der Waals surface area contributed by atoms with Crippen molar-refractivity contribution in [1.29, 1.82) is 0 Å². The van der Waals surface area contributed by atoms with Crippen molar-refractivity contribution in [3.05, 3.63) is 88.6 Å². The molecule has 4 N–H and O–H groups in total. The highest BCUT2D eigenvalue weighted by molar-refractivity contribution is 6.06. The predicted octanol–water partition coefficient (Wildman–Crippen LogP) is 3.91. The number of alkyl carbamates (subject to hydrolysis) is 1. The van der Waals surface area contributed by atoms with Crippen LogP contribution in [-0.4, -0.2) is 99.4 Å². The lowest BCUT2D eigenvalue weighted by atomic mass is 9.79. The van der Waals surface area contributed by atoms with Crippen molar-refractivity contribution < 1.29 is 38.6 Å². The van der Waals surface area contributed by atoms with Crippen LogP contribution >= 0.6 is 0 Å². The fourth-order valence-electron chi connectivity index (χ4n) is 7.53. The number of nitrogens with zero attached hydrogens (tertiary/aromatic N) is 4. The van der Waals surface area contributed by atoms with Crippen molar-refractivity contribution in [1.82, 2.24) is 25.0 Å². The zero-order valence-electron chi connectivity index (χ0n) is 31.5. The Morgan fingerprint density at radius 3 is 2.36 bits per heavy atom. The topological polar surface area (TPSA) is 191 Å². The first-order chi connectivity index (χ1) is 26.1. The van der Waals surface area contributed by atoms with Crippen LogP contribution in [0.25, 0.3) is 0 Å². The zero-order chi connectivity index (χ0) is 39.5. The van der Waals surface area contributed by atoms with Crippen LogP contribution in [-0.2, 0) is 55.3 Å². The van der Waals surface area contributed by atoms with Crippen molar-refractivity contribution in [3.8, 4) is 0 Å². The highest BCUT2D eigenvalue weighted by Gasteiger charge is 2.51. The second kappa shape index (κ2) is 15.8. The number of hydrogen-bond donors (Lipinski definition) is 4. The van der Waals surface area contributed by atoms with E-state index < -0.39 is 35.0 Å². The van der Waals surface area contributed by atoms with Gasteiger partial charge < -0.3 is 40.5 Å². The number of carbonyl (C=O) groups excluding carboxylic acids is 5. The fourth-order valence-corrected chi connectivity index (χ4v) is 7.53. The fraction of sp³-hybridized carbons (Fsp3) is 0.425. The molecule has 1 spiro atoms. The van der Waals surface area contributed by atoms with E-state index in [4.69, 9.17) is 4.74 Å². The molecule has 6 rings (SSSR count). The van der Waals surface area contributed by atoms with E-state index in [0.717, 1.165) is 21.6 Å². The minimum atomic E-state index is -1.10. The van der Waals surface area contributed by atoms with Crippen LogP contribution in [0.3, 0.4) is 0 Å². The molecule has 15 heteroatoms. The molecule has 0 radical (unpaired) electrons. The van der Waals surface area contributed by atoms with E-state index in [-0.39, 0.29) is 43.9 Å². The molecule has 0 saturated carbocycles. The van der Waals surface area contributed by atoms with E-state index >= 15 is 0 Å². The minimum Gasteiger partial charge on any atom is -0.465 e. The number of benzene rings is 2. The van der Waals surface area contributed by atoms with Gasteiger partial charge in [0.1, 0.15) is 24.5 Å². The second-order valence-corrected chi connectivity index (χ2v) is 15.4. The zero-order valence-corrected chi connectivity index (χ0v) is 31.5. The van der Waals surface area contributed by atoms with Gasteiger partial charge in [0.2, 0.25) is 23.6 Å². The van der Waals surface area contributed by atoms with Gasteiger partial charge in [0.05, 0.1) is 5.41 Å². The average molecular weight is 754 g/mol. The van der Waals surface area contributed by atoms with Gasteiger partial charge in [-0.2, -0.15) is 0 Å². The molecule has 1 fully saturated rings.